The first kappa shape index (κ1) is 9.57. The second kappa shape index (κ2) is 3.64. The third-order valence-corrected chi connectivity index (χ3v) is 2.11. The van der Waals surface area contributed by atoms with Gasteiger partial charge in [-0.1, -0.05) is 0 Å². The fraction of sp³-hybridized carbons (Fsp3) is 0.333. The van der Waals surface area contributed by atoms with Gasteiger partial charge in [-0.3, -0.25) is 19.2 Å². The molecule has 0 radical (unpaired) electrons. The summed E-state index contributed by atoms with van der Waals surface area (Å²) in [6.45, 7) is 0.328. The van der Waals surface area contributed by atoms with E-state index in [0.29, 0.717) is 18.8 Å². The summed E-state index contributed by atoms with van der Waals surface area (Å²) in [4.78, 5) is 27.6. The maximum Gasteiger partial charge on any atom is 0.253 e. The van der Waals surface area contributed by atoms with E-state index in [9.17, 15) is 9.59 Å². The molecule has 6 heteroatoms. The summed E-state index contributed by atoms with van der Waals surface area (Å²) in [7, 11) is 1.77. The second-order valence-corrected chi connectivity index (χ2v) is 3.25. The SMILES string of the molecule is Cn1cnc(CCN2C(=O)C=CC2=O)n1. The minimum absolute atomic E-state index is 0.268. The lowest BCUT2D eigenvalue weighted by Crippen LogP contribution is -2.32. The van der Waals surface area contributed by atoms with Crippen molar-refractivity contribution >= 4 is 11.8 Å². The predicted molar refractivity (Wildman–Crippen MR) is 50.6 cm³/mol. The van der Waals surface area contributed by atoms with Gasteiger partial charge < -0.3 is 0 Å². The molecule has 0 bridgehead atoms. The van der Waals surface area contributed by atoms with Crippen molar-refractivity contribution in [2.45, 2.75) is 6.42 Å². The van der Waals surface area contributed by atoms with Crippen LogP contribution in [0.3, 0.4) is 0 Å². The Morgan fingerprint density at radius 2 is 1.93 bits per heavy atom. The minimum Gasteiger partial charge on any atom is -0.275 e. The normalized spacial score (nSPS) is 15.4. The van der Waals surface area contributed by atoms with Gasteiger partial charge in [-0.15, -0.1) is 0 Å². The zero-order valence-corrected chi connectivity index (χ0v) is 8.25. The van der Waals surface area contributed by atoms with E-state index in [1.54, 1.807) is 18.1 Å². The largest absolute Gasteiger partial charge is 0.275 e. The molecule has 78 valence electrons. The van der Waals surface area contributed by atoms with Gasteiger partial charge in [0.05, 0.1) is 0 Å². The highest BCUT2D eigenvalue weighted by Gasteiger charge is 2.22. The van der Waals surface area contributed by atoms with Crippen molar-refractivity contribution in [1.82, 2.24) is 19.7 Å². The molecule has 15 heavy (non-hydrogen) atoms. The Morgan fingerprint density at radius 1 is 1.27 bits per heavy atom. The Kier molecular flexibility index (Phi) is 2.32. The van der Waals surface area contributed by atoms with E-state index in [0.717, 1.165) is 0 Å². The van der Waals surface area contributed by atoms with Gasteiger partial charge in [-0.25, -0.2) is 4.98 Å². The maximum absolute atomic E-state index is 11.2. The Bertz CT molecular complexity index is 417. The molecule has 0 saturated heterocycles. The number of hydrogen-bond donors (Lipinski definition) is 0. The molecule has 0 spiro atoms. The molecule has 0 N–H and O–H groups in total. The van der Waals surface area contributed by atoms with E-state index in [-0.39, 0.29) is 11.8 Å². The summed E-state index contributed by atoms with van der Waals surface area (Å²) in [5, 5.41) is 4.06. The molecule has 1 aliphatic rings. The van der Waals surface area contributed by atoms with Gasteiger partial charge in [0, 0.05) is 32.2 Å². The number of nitrogens with zero attached hydrogens (tertiary/aromatic N) is 4. The van der Waals surface area contributed by atoms with E-state index in [1.165, 1.54) is 17.1 Å². The van der Waals surface area contributed by atoms with Crippen LogP contribution in [0.15, 0.2) is 18.5 Å². The first-order valence-electron chi connectivity index (χ1n) is 4.55. The summed E-state index contributed by atoms with van der Waals surface area (Å²) >= 11 is 0. The number of imide groups is 1. The van der Waals surface area contributed by atoms with Gasteiger partial charge in [-0.05, 0) is 0 Å². The van der Waals surface area contributed by atoms with Crippen molar-refractivity contribution in [3.63, 3.8) is 0 Å². The number of carbonyl (C=O) groups is 2. The molecule has 0 unspecified atom stereocenters. The van der Waals surface area contributed by atoms with Crippen LogP contribution in [0.1, 0.15) is 5.82 Å². The van der Waals surface area contributed by atoms with Crippen molar-refractivity contribution in [1.29, 1.82) is 0 Å². The highest BCUT2D eigenvalue weighted by atomic mass is 16.2. The minimum atomic E-state index is -0.268. The Labute approximate surface area is 86.2 Å². The average molecular weight is 206 g/mol. The Balaban J connectivity index is 1.94. The Morgan fingerprint density at radius 3 is 2.47 bits per heavy atom. The molecule has 0 fully saturated rings. The van der Waals surface area contributed by atoms with Crippen molar-refractivity contribution < 1.29 is 9.59 Å². The molecular formula is C9H10N4O2. The van der Waals surface area contributed by atoms with E-state index < -0.39 is 0 Å². The Hall–Kier alpha value is -1.98. The highest BCUT2D eigenvalue weighted by Crippen LogP contribution is 2.04. The highest BCUT2D eigenvalue weighted by molar-refractivity contribution is 6.12. The first-order chi connectivity index (χ1) is 7.16. The van der Waals surface area contributed by atoms with Crippen molar-refractivity contribution in [3.05, 3.63) is 24.3 Å². The molecule has 0 saturated carbocycles. The third-order valence-electron chi connectivity index (χ3n) is 2.11. The van der Waals surface area contributed by atoms with Crippen molar-refractivity contribution in [2.75, 3.05) is 6.54 Å². The lowest BCUT2D eigenvalue weighted by molar-refractivity contribution is -0.136. The molecule has 1 aromatic heterocycles. The van der Waals surface area contributed by atoms with Crippen LogP contribution in [0.2, 0.25) is 0 Å². The van der Waals surface area contributed by atoms with Gasteiger partial charge in [0.1, 0.15) is 6.33 Å². The zero-order chi connectivity index (χ0) is 10.8. The third kappa shape index (κ3) is 1.93. The summed E-state index contributed by atoms with van der Waals surface area (Å²) in [6.07, 6.45) is 4.61. The summed E-state index contributed by atoms with van der Waals surface area (Å²) < 4.78 is 1.58. The fourth-order valence-electron chi connectivity index (χ4n) is 1.36. The molecule has 2 amide bonds. The number of amides is 2. The predicted octanol–water partition coefficient (Wildman–Crippen LogP) is -0.717. The van der Waals surface area contributed by atoms with Crippen LogP contribution in [0.5, 0.6) is 0 Å². The van der Waals surface area contributed by atoms with Crippen LogP contribution >= 0.6 is 0 Å². The first-order valence-corrected chi connectivity index (χ1v) is 4.55. The van der Waals surface area contributed by atoms with E-state index >= 15 is 0 Å². The summed E-state index contributed by atoms with van der Waals surface area (Å²) in [5.41, 5.74) is 0. The molecule has 2 heterocycles. The average Bonchev–Trinajstić information content (AvgIpc) is 2.73. The number of carbonyl (C=O) groups excluding carboxylic acids is 2. The van der Waals surface area contributed by atoms with Crippen LogP contribution in [-0.4, -0.2) is 38.0 Å². The zero-order valence-electron chi connectivity index (χ0n) is 8.25. The van der Waals surface area contributed by atoms with Crippen LogP contribution in [0, 0.1) is 0 Å². The number of hydrogen-bond acceptors (Lipinski definition) is 4. The molecule has 6 nitrogen and oxygen atoms in total. The maximum atomic E-state index is 11.2. The lowest BCUT2D eigenvalue weighted by Gasteiger charge is -2.11. The molecule has 2 rings (SSSR count). The molecule has 0 aliphatic carbocycles. The standard InChI is InChI=1S/C9H10N4O2/c1-12-6-10-7(11-12)4-5-13-8(14)2-3-9(13)15/h2-3,6H,4-5H2,1H3. The van der Waals surface area contributed by atoms with E-state index in [1.807, 2.05) is 0 Å². The molecule has 0 aromatic carbocycles. The van der Waals surface area contributed by atoms with Crippen LogP contribution in [0.25, 0.3) is 0 Å². The number of aryl methyl sites for hydroxylation is 1. The van der Waals surface area contributed by atoms with Gasteiger partial charge >= 0.3 is 0 Å². The monoisotopic (exact) mass is 206 g/mol. The van der Waals surface area contributed by atoms with E-state index in [2.05, 4.69) is 10.1 Å². The fourth-order valence-corrected chi connectivity index (χ4v) is 1.36. The molecule has 0 atom stereocenters. The second-order valence-electron chi connectivity index (χ2n) is 3.25. The van der Waals surface area contributed by atoms with Gasteiger partial charge in [-0.2, -0.15) is 5.10 Å². The van der Waals surface area contributed by atoms with Crippen LogP contribution in [0.4, 0.5) is 0 Å². The summed E-state index contributed by atoms with van der Waals surface area (Å²) in [6, 6.07) is 0. The van der Waals surface area contributed by atoms with Crippen molar-refractivity contribution in [2.24, 2.45) is 7.05 Å². The van der Waals surface area contributed by atoms with Gasteiger partial charge in [0.15, 0.2) is 5.82 Å². The summed E-state index contributed by atoms with van der Waals surface area (Å²) in [5.74, 6) is 0.0943. The van der Waals surface area contributed by atoms with Gasteiger partial charge in [0.2, 0.25) is 0 Å². The van der Waals surface area contributed by atoms with Crippen LogP contribution in [-0.2, 0) is 23.1 Å². The number of rotatable bonds is 3. The van der Waals surface area contributed by atoms with Crippen LogP contribution < -0.4 is 0 Å². The molecule has 1 aromatic rings. The molecule has 1 aliphatic heterocycles. The quantitative estimate of drug-likeness (QED) is 0.612. The van der Waals surface area contributed by atoms with Crippen molar-refractivity contribution in [3.8, 4) is 0 Å². The number of aromatic nitrogens is 3. The van der Waals surface area contributed by atoms with Gasteiger partial charge in [0.25, 0.3) is 11.8 Å². The molecular weight excluding hydrogens is 196 g/mol. The van der Waals surface area contributed by atoms with E-state index in [4.69, 9.17) is 0 Å². The smallest absolute Gasteiger partial charge is 0.253 e. The topological polar surface area (TPSA) is 68.1 Å². The lowest BCUT2D eigenvalue weighted by atomic mass is 10.3.